The normalized spacial score (nSPS) is 10.4. The predicted octanol–water partition coefficient (Wildman–Crippen LogP) is 1.12. The lowest BCUT2D eigenvalue weighted by molar-refractivity contribution is -0.134. The van der Waals surface area contributed by atoms with Crippen molar-refractivity contribution in [1.29, 1.82) is 0 Å². The van der Waals surface area contributed by atoms with E-state index in [2.05, 4.69) is 20.3 Å². The molecule has 0 fully saturated rings. The number of carbonyl (C=O) groups is 2. The monoisotopic (exact) mass is 293 g/mol. The Morgan fingerprint density at radius 3 is 2.50 bits per heavy atom. The topological polar surface area (TPSA) is 111 Å². The highest BCUT2D eigenvalue weighted by atomic mass is 16.2. The zero-order valence-electron chi connectivity index (χ0n) is 11.4. The van der Waals surface area contributed by atoms with Crippen molar-refractivity contribution in [2.75, 3.05) is 5.32 Å². The Morgan fingerprint density at radius 2 is 1.77 bits per heavy atom. The molecule has 3 N–H and O–H groups in total. The molecule has 0 atom stereocenters. The minimum absolute atomic E-state index is 0.191. The van der Waals surface area contributed by atoms with Crippen LogP contribution in [-0.2, 0) is 9.59 Å². The number of fused-ring (bicyclic) bond motifs is 1. The number of nitrogens with zero attached hydrogens (tertiary/aromatic N) is 3. The quantitative estimate of drug-likeness (QED) is 0.688. The van der Waals surface area contributed by atoms with E-state index in [-0.39, 0.29) is 5.82 Å². The fourth-order valence-electron chi connectivity index (χ4n) is 1.89. The Labute approximate surface area is 125 Å². The van der Waals surface area contributed by atoms with Gasteiger partial charge >= 0.3 is 11.8 Å². The minimum atomic E-state index is -1.08. The SMILES string of the molecule is NC(=O)C(=O)Nc1ccc2ncc(-c3ccccc3)nc2n1. The lowest BCUT2D eigenvalue weighted by atomic mass is 10.2. The van der Waals surface area contributed by atoms with Crippen LogP contribution in [0.15, 0.2) is 48.7 Å². The van der Waals surface area contributed by atoms with Crippen molar-refractivity contribution in [1.82, 2.24) is 15.0 Å². The fraction of sp³-hybridized carbons (Fsp3) is 0. The summed E-state index contributed by atoms with van der Waals surface area (Å²) >= 11 is 0. The second-order valence-corrected chi connectivity index (χ2v) is 4.48. The Balaban J connectivity index is 2.00. The number of amides is 2. The van der Waals surface area contributed by atoms with E-state index in [9.17, 15) is 9.59 Å². The summed E-state index contributed by atoms with van der Waals surface area (Å²) in [5.41, 5.74) is 7.41. The highest BCUT2D eigenvalue weighted by molar-refractivity contribution is 6.39. The van der Waals surface area contributed by atoms with Gasteiger partial charge < -0.3 is 11.1 Å². The molecule has 22 heavy (non-hydrogen) atoms. The van der Waals surface area contributed by atoms with Crippen molar-refractivity contribution in [3.63, 3.8) is 0 Å². The van der Waals surface area contributed by atoms with Crippen molar-refractivity contribution < 1.29 is 9.59 Å². The first-order chi connectivity index (χ1) is 10.6. The van der Waals surface area contributed by atoms with Gasteiger partial charge in [0, 0.05) is 5.56 Å². The molecule has 0 radical (unpaired) electrons. The summed E-state index contributed by atoms with van der Waals surface area (Å²) in [6, 6.07) is 12.7. The molecule has 0 spiro atoms. The molecule has 0 bridgehead atoms. The molecular formula is C15H11N5O2. The van der Waals surface area contributed by atoms with Gasteiger partial charge in [-0.3, -0.25) is 14.6 Å². The number of nitrogens with two attached hydrogens (primary N) is 1. The van der Waals surface area contributed by atoms with E-state index in [1.807, 2.05) is 30.3 Å². The summed E-state index contributed by atoms with van der Waals surface area (Å²) in [6.07, 6.45) is 1.65. The summed E-state index contributed by atoms with van der Waals surface area (Å²) in [7, 11) is 0. The standard InChI is InChI=1S/C15H11N5O2/c16-13(21)15(22)20-12-7-6-10-14(19-12)18-11(8-17-10)9-4-2-1-3-5-9/h1-8H,(H2,16,21)(H,18,19,20,22). The van der Waals surface area contributed by atoms with E-state index in [1.54, 1.807) is 12.3 Å². The number of hydrogen-bond acceptors (Lipinski definition) is 5. The first kappa shape index (κ1) is 13.6. The first-order valence-electron chi connectivity index (χ1n) is 6.43. The van der Waals surface area contributed by atoms with Crippen LogP contribution in [0, 0.1) is 0 Å². The zero-order valence-corrected chi connectivity index (χ0v) is 11.4. The van der Waals surface area contributed by atoms with Crippen molar-refractivity contribution in [3.05, 3.63) is 48.7 Å². The van der Waals surface area contributed by atoms with Crippen LogP contribution in [0.2, 0.25) is 0 Å². The molecule has 3 aromatic rings. The van der Waals surface area contributed by atoms with Crippen LogP contribution in [0.4, 0.5) is 5.82 Å². The predicted molar refractivity (Wildman–Crippen MR) is 80.6 cm³/mol. The van der Waals surface area contributed by atoms with Gasteiger partial charge in [-0.2, -0.15) is 0 Å². The number of primary amides is 1. The van der Waals surface area contributed by atoms with E-state index in [1.165, 1.54) is 6.07 Å². The molecule has 0 aliphatic heterocycles. The molecule has 7 heteroatoms. The van der Waals surface area contributed by atoms with Gasteiger partial charge in [0.2, 0.25) is 0 Å². The van der Waals surface area contributed by atoms with Crippen molar-refractivity contribution in [2.24, 2.45) is 5.73 Å². The molecule has 0 saturated heterocycles. The molecule has 2 aromatic heterocycles. The van der Waals surface area contributed by atoms with Crippen LogP contribution in [-0.4, -0.2) is 26.8 Å². The molecule has 1 aromatic carbocycles. The number of benzene rings is 1. The Bertz CT molecular complexity index is 864. The number of pyridine rings is 1. The van der Waals surface area contributed by atoms with E-state index in [0.717, 1.165) is 5.56 Å². The van der Waals surface area contributed by atoms with Crippen molar-refractivity contribution in [2.45, 2.75) is 0 Å². The maximum Gasteiger partial charge on any atom is 0.314 e. The van der Waals surface area contributed by atoms with Gasteiger partial charge in [0.05, 0.1) is 11.9 Å². The van der Waals surface area contributed by atoms with E-state index < -0.39 is 11.8 Å². The van der Waals surface area contributed by atoms with Gasteiger partial charge in [-0.1, -0.05) is 30.3 Å². The molecule has 3 rings (SSSR count). The minimum Gasteiger partial charge on any atom is -0.361 e. The summed E-state index contributed by atoms with van der Waals surface area (Å²) < 4.78 is 0. The fourth-order valence-corrected chi connectivity index (χ4v) is 1.89. The average molecular weight is 293 g/mol. The van der Waals surface area contributed by atoms with Crippen LogP contribution in [0.1, 0.15) is 0 Å². The maximum atomic E-state index is 11.3. The van der Waals surface area contributed by atoms with Crippen molar-refractivity contribution >= 4 is 28.8 Å². The summed E-state index contributed by atoms with van der Waals surface area (Å²) in [4.78, 5) is 34.9. The van der Waals surface area contributed by atoms with Gasteiger partial charge in [0.15, 0.2) is 5.65 Å². The third-order valence-electron chi connectivity index (χ3n) is 2.94. The maximum absolute atomic E-state index is 11.3. The van der Waals surface area contributed by atoms with E-state index in [0.29, 0.717) is 16.9 Å². The van der Waals surface area contributed by atoms with Crippen LogP contribution in [0.5, 0.6) is 0 Å². The van der Waals surface area contributed by atoms with Gasteiger partial charge in [0.25, 0.3) is 0 Å². The van der Waals surface area contributed by atoms with Gasteiger partial charge in [0.1, 0.15) is 11.3 Å². The molecule has 0 unspecified atom stereocenters. The molecule has 2 heterocycles. The Morgan fingerprint density at radius 1 is 1.00 bits per heavy atom. The number of hydrogen-bond donors (Lipinski definition) is 2. The second kappa shape index (κ2) is 5.57. The largest absolute Gasteiger partial charge is 0.361 e. The number of carbonyl (C=O) groups excluding carboxylic acids is 2. The smallest absolute Gasteiger partial charge is 0.314 e. The molecule has 0 aliphatic carbocycles. The molecule has 108 valence electrons. The third-order valence-corrected chi connectivity index (χ3v) is 2.94. The molecule has 2 amide bonds. The summed E-state index contributed by atoms with van der Waals surface area (Å²) in [5, 5.41) is 2.30. The molecule has 0 aliphatic rings. The highest BCUT2D eigenvalue weighted by Gasteiger charge is 2.11. The average Bonchev–Trinajstić information content (AvgIpc) is 2.55. The van der Waals surface area contributed by atoms with Gasteiger partial charge in [-0.05, 0) is 12.1 Å². The third kappa shape index (κ3) is 2.73. The van der Waals surface area contributed by atoms with E-state index >= 15 is 0 Å². The van der Waals surface area contributed by atoms with E-state index in [4.69, 9.17) is 5.73 Å². The number of anilines is 1. The first-order valence-corrected chi connectivity index (χ1v) is 6.43. The summed E-state index contributed by atoms with van der Waals surface area (Å²) in [5.74, 6) is -1.82. The van der Waals surface area contributed by atoms with Crippen LogP contribution < -0.4 is 11.1 Å². The highest BCUT2D eigenvalue weighted by Crippen LogP contribution is 2.18. The number of aromatic nitrogens is 3. The lowest BCUT2D eigenvalue weighted by Crippen LogP contribution is -2.29. The number of rotatable bonds is 2. The molecule has 0 saturated carbocycles. The lowest BCUT2D eigenvalue weighted by Gasteiger charge is -2.05. The van der Waals surface area contributed by atoms with Gasteiger partial charge in [-0.15, -0.1) is 0 Å². The number of nitrogens with one attached hydrogen (secondary N) is 1. The second-order valence-electron chi connectivity index (χ2n) is 4.48. The molecule has 7 nitrogen and oxygen atoms in total. The molecular weight excluding hydrogens is 282 g/mol. The zero-order chi connectivity index (χ0) is 15.5. The Hall–Kier alpha value is -3.35. The van der Waals surface area contributed by atoms with Crippen LogP contribution in [0.25, 0.3) is 22.4 Å². The summed E-state index contributed by atoms with van der Waals surface area (Å²) in [6.45, 7) is 0. The van der Waals surface area contributed by atoms with Crippen LogP contribution >= 0.6 is 0 Å². The van der Waals surface area contributed by atoms with Crippen LogP contribution in [0.3, 0.4) is 0 Å². The van der Waals surface area contributed by atoms with Crippen molar-refractivity contribution in [3.8, 4) is 11.3 Å². The van der Waals surface area contributed by atoms with Gasteiger partial charge in [-0.25, -0.2) is 9.97 Å². The Kier molecular flexibility index (Phi) is 3.45.